The van der Waals surface area contributed by atoms with Gasteiger partial charge in [0.05, 0.1) is 21.3 Å². The fraction of sp³-hybridized carbons (Fsp3) is 0.0435. The topological polar surface area (TPSA) is 50.7 Å². The highest BCUT2D eigenvalue weighted by Crippen LogP contribution is 2.33. The number of hydrogen-bond donors (Lipinski definition) is 1. The summed E-state index contributed by atoms with van der Waals surface area (Å²) in [5, 5.41) is 9.29. The summed E-state index contributed by atoms with van der Waals surface area (Å²) < 4.78 is 5.42. The molecule has 0 bridgehead atoms. The van der Waals surface area contributed by atoms with Crippen molar-refractivity contribution in [3.63, 3.8) is 0 Å². The van der Waals surface area contributed by atoms with E-state index in [0.717, 1.165) is 27.1 Å². The molecule has 4 nitrogen and oxygen atoms in total. The SMILES string of the molecule is O=C(COc1cc(Cl)c(Cl)cc1Cl)NN=Cc1c2ccccc2cc2ccccc12. The number of hydrogen-bond acceptors (Lipinski definition) is 3. The molecule has 0 atom stereocenters. The average Bonchev–Trinajstić information content (AvgIpc) is 2.75. The van der Waals surface area contributed by atoms with Crippen molar-refractivity contribution in [1.29, 1.82) is 0 Å². The number of benzene rings is 4. The van der Waals surface area contributed by atoms with Crippen LogP contribution in [-0.4, -0.2) is 18.7 Å². The number of carbonyl (C=O) groups is 1. The Kier molecular flexibility index (Phi) is 6.09. The number of amides is 1. The van der Waals surface area contributed by atoms with Gasteiger partial charge in [0.15, 0.2) is 6.61 Å². The Bertz CT molecular complexity index is 1230. The monoisotopic (exact) mass is 456 g/mol. The lowest BCUT2D eigenvalue weighted by Gasteiger charge is -2.09. The maximum absolute atomic E-state index is 12.1. The van der Waals surface area contributed by atoms with Gasteiger partial charge in [0.25, 0.3) is 5.91 Å². The van der Waals surface area contributed by atoms with Gasteiger partial charge in [-0.3, -0.25) is 4.79 Å². The molecule has 7 heteroatoms. The molecule has 0 radical (unpaired) electrons. The van der Waals surface area contributed by atoms with Gasteiger partial charge < -0.3 is 4.74 Å². The first kappa shape index (κ1) is 20.5. The molecule has 0 fully saturated rings. The minimum atomic E-state index is -0.432. The molecular formula is C23H15Cl3N2O2. The third kappa shape index (κ3) is 4.36. The maximum Gasteiger partial charge on any atom is 0.277 e. The van der Waals surface area contributed by atoms with E-state index in [4.69, 9.17) is 39.5 Å². The Hall–Kier alpha value is -2.79. The molecule has 0 heterocycles. The van der Waals surface area contributed by atoms with Crippen LogP contribution in [-0.2, 0) is 4.79 Å². The maximum atomic E-state index is 12.1. The molecule has 0 unspecified atom stereocenters. The highest BCUT2D eigenvalue weighted by molar-refractivity contribution is 6.43. The molecule has 0 saturated carbocycles. The molecule has 30 heavy (non-hydrogen) atoms. The van der Waals surface area contributed by atoms with Crippen LogP contribution in [0.1, 0.15) is 5.56 Å². The van der Waals surface area contributed by atoms with E-state index in [2.05, 4.69) is 16.6 Å². The van der Waals surface area contributed by atoms with Crippen LogP contribution in [0.4, 0.5) is 0 Å². The number of hydrazone groups is 1. The predicted octanol–water partition coefficient (Wildman–Crippen LogP) is 6.48. The van der Waals surface area contributed by atoms with Crippen molar-refractivity contribution in [2.75, 3.05) is 6.61 Å². The number of carbonyl (C=O) groups excluding carboxylic acids is 1. The summed E-state index contributed by atoms with van der Waals surface area (Å²) >= 11 is 17.9. The Balaban J connectivity index is 1.51. The highest BCUT2D eigenvalue weighted by atomic mass is 35.5. The van der Waals surface area contributed by atoms with Crippen LogP contribution < -0.4 is 10.2 Å². The lowest BCUT2D eigenvalue weighted by molar-refractivity contribution is -0.123. The third-order valence-corrected chi connectivity index (χ3v) is 5.55. The summed E-state index contributed by atoms with van der Waals surface area (Å²) in [6.45, 7) is -0.273. The quantitative estimate of drug-likeness (QED) is 0.161. The van der Waals surface area contributed by atoms with E-state index in [1.165, 1.54) is 12.1 Å². The molecular weight excluding hydrogens is 443 g/mol. The summed E-state index contributed by atoms with van der Waals surface area (Å²) in [7, 11) is 0. The second kappa shape index (κ2) is 8.92. The lowest BCUT2D eigenvalue weighted by atomic mass is 9.97. The van der Waals surface area contributed by atoms with E-state index in [0.29, 0.717) is 5.02 Å². The molecule has 1 amide bonds. The molecule has 0 aliphatic carbocycles. The minimum Gasteiger partial charge on any atom is -0.482 e. The van der Waals surface area contributed by atoms with Crippen LogP contribution in [0.2, 0.25) is 15.1 Å². The second-order valence-electron chi connectivity index (χ2n) is 6.51. The van der Waals surface area contributed by atoms with E-state index < -0.39 is 5.91 Å². The molecule has 4 aromatic rings. The predicted molar refractivity (Wildman–Crippen MR) is 124 cm³/mol. The Morgan fingerprint density at radius 1 is 0.867 bits per heavy atom. The van der Waals surface area contributed by atoms with E-state index in [1.54, 1.807) is 6.21 Å². The summed E-state index contributed by atoms with van der Waals surface area (Å²) in [5.41, 5.74) is 3.41. The van der Waals surface area contributed by atoms with Crippen molar-refractivity contribution < 1.29 is 9.53 Å². The zero-order valence-corrected chi connectivity index (χ0v) is 17.8. The van der Waals surface area contributed by atoms with Crippen molar-refractivity contribution in [2.45, 2.75) is 0 Å². The molecule has 0 aliphatic heterocycles. The fourth-order valence-corrected chi connectivity index (χ4v) is 3.74. The molecule has 0 aliphatic rings. The van der Waals surface area contributed by atoms with Crippen molar-refractivity contribution in [3.8, 4) is 5.75 Å². The van der Waals surface area contributed by atoms with Gasteiger partial charge in [0.2, 0.25) is 0 Å². The van der Waals surface area contributed by atoms with Gasteiger partial charge >= 0.3 is 0 Å². The zero-order chi connectivity index (χ0) is 21.1. The number of fused-ring (bicyclic) bond motifs is 2. The lowest BCUT2D eigenvalue weighted by Crippen LogP contribution is -2.24. The molecule has 4 rings (SSSR count). The summed E-state index contributed by atoms with van der Waals surface area (Å²) in [6, 6.07) is 21.1. The number of nitrogens with one attached hydrogen (secondary N) is 1. The van der Waals surface area contributed by atoms with Crippen molar-refractivity contribution in [2.24, 2.45) is 5.10 Å². The minimum absolute atomic E-state index is 0.267. The van der Waals surface area contributed by atoms with E-state index in [1.807, 2.05) is 48.5 Å². The molecule has 150 valence electrons. The van der Waals surface area contributed by atoms with E-state index >= 15 is 0 Å². The normalized spacial score (nSPS) is 11.3. The Morgan fingerprint density at radius 2 is 1.47 bits per heavy atom. The van der Waals surface area contributed by atoms with Gasteiger partial charge in [-0.05, 0) is 33.7 Å². The standard InChI is InChI=1S/C23H15Cl3N2O2/c24-19-10-21(26)22(11-20(19)25)30-13-23(29)28-27-12-18-16-7-3-1-5-14(16)9-15-6-2-4-8-17(15)18/h1-12H,13H2,(H,28,29). The first-order valence-electron chi connectivity index (χ1n) is 9.02. The summed E-state index contributed by atoms with van der Waals surface area (Å²) in [5.74, 6) is -0.164. The van der Waals surface area contributed by atoms with Crippen LogP contribution in [0.25, 0.3) is 21.5 Å². The molecule has 1 N–H and O–H groups in total. The molecule has 4 aromatic carbocycles. The van der Waals surface area contributed by atoms with Crippen molar-refractivity contribution in [3.05, 3.63) is 87.4 Å². The zero-order valence-electron chi connectivity index (χ0n) is 15.5. The molecule has 0 aromatic heterocycles. The van der Waals surface area contributed by atoms with Gasteiger partial charge in [-0.1, -0.05) is 83.3 Å². The fourth-order valence-electron chi connectivity index (χ4n) is 3.15. The van der Waals surface area contributed by atoms with Gasteiger partial charge in [-0.25, -0.2) is 5.43 Å². The van der Waals surface area contributed by atoms with E-state index in [-0.39, 0.29) is 22.4 Å². The molecule has 0 saturated heterocycles. The highest BCUT2D eigenvalue weighted by Gasteiger charge is 2.10. The largest absolute Gasteiger partial charge is 0.482 e. The van der Waals surface area contributed by atoms with E-state index in [9.17, 15) is 4.79 Å². The molecule has 0 spiro atoms. The number of rotatable bonds is 5. The van der Waals surface area contributed by atoms with Crippen LogP contribution >= 0.6 is 34.8 Å². The third-order valence-electron chi connectivity index (χ3n) is 4.53. The number of ether oxygens (including phenoxy) is 1. The van der Waals surface area contributed by atoms with Gasteiger partial charge in [0.1, 0.15) is 5.75 Å². The Morgan fingerprint density at radius 3 is 2.13 bits per heavy atom. The average molecular weight is 458 g/mol. The number of halogens is 3. The first-order chi connectivity index (χ1) is 14.5. The second-order valence-corrected chi connectivity index (χ2v) is 7.73. The van der Waals surface area contributed by atoms with Crippen LogP contribution in [0.5, 0.6) is 5.75 Å². The number of nitrogens with zero attached hydrogens (tertiary/aromatic N) is 1. The van der Waals surface area contributed by atoms with Crippen LogP contribution in [0, 0.1) is 0 Å². The van der Waals surface area contributed by atoms with Crippen molar-refractivity contribution >= 4 is 68.5 Å². The Labute approximate surface area is 188 Å². The first-order valence-corrected chi connectivity index (χ1v) is 10.2. The van der Waals surface area contributed by atoms with Gasteiger partial charge in [-0.2, -0.15) is 5.10 Å². The van der Waals surface area contributed by atoms with Crippen LogP contribution in [0.3, 0.4) is 0 Å². The smallest absolute Gasteiger partial charge is 0.277 e. The van der Waals surface area contributed by atoms with Gasteiger partial charge in [-0.15, -0.1) is 0 Å². The van der Waals surface area contributed by atoms with Crippen LogP contribution in [0.15, 0.2) is 71.8 Å². The summed E-state index contributed by atoms with van der Waals surface area (Å²) in [6.07, 6.45) is 1.65. The van der Waals surface area contributed by atoms with Gasteiger partial charge in [0, 0.05) is 11.6 Å². The van der Waals surface area contributed by atoms with Crippen molar-refractivity contribution in [1.82, 2.24) is 5.43 Å². The summed E-state index contributed by atoms with van der Waals surface area (Å²) in [4.78, 5) is 12.1.